The topological polar surface area (TPSA) is 122 Å². The van der Waals surface area contributed by atoms with Gasteiger partial charge in [-0.25, -0.2) is 14.3 Å². The molecule has 26 heavy (non-hydrogen) atoms. The third kappa shape index (κ3) is 3.64. The largest absolute Gasteiger partial charge is 0.450 e. The summed E-state index contributed by atoms with van der Waals surface area (Å²) in [7, 11) is 0. The molecule has 1 amide bonds. The Bertz CT molecular complexity index is 1050. The van der Waals surface area contributed by atoms with Crippen LogP contribution in [-0.2, 0) is 9.53 Å². The first-order valence-electron chi connectivity index (χ1n) is 7.64. The van der Waals surface area contributed by atoms with E-state index in [4.69, 9.17) is 10.00 Å². The summed E-state index contributed by atoms with van der Waals surface area (Å²) in [6.45, 7) is 3.12. The minimum Gasteiger partial charge on any atom is -0.450 e. The number of carbonyl (C=O) groups is 2. The van der Waals surface area contributed by atoms with Crippen LogP contribution in [0.25, 0.3) is 5.78 Å². The van der Waals surface area contributed by atoms with Gasteiger partial charge in [-0.15, -0.1) is 5.10 Å². The quantitative estimate of drug-likeness (QED) is 0.706. The number of anilines is 1. The number of hydrogen-bond acceptors (Lipinski definition) is 7. The van der Waals surface area contributed by atoms with E-state index in [1.165, 1.54) is 10.6 Å². The summed E-state index contributed by atoms with van der Waals surface area (Å²) in [5, 5.41) is 15.4. The lowest BCUT2D eigenvalue weighted by molar-refractivity contribution is -0.119. The summed E-state index contributed by atoms with van der Waals surface area (Å²) in [6, 6.07) is 10.2. The maximum absolute atomic E-state index is 12.1. The van der Waals surface area contributed by atoms with Crippen LogP contribution in [0, 0.1) is 25.2 Å². The molecule has 0 atom stereocenters. The molecule has 1 N–H and O–H groups in total. The zero-order valence-corrected chi connectivity index (χ0v) is 14.1. The maximum Gasteiger partial charge on any atom is 0.378 e. The van der Waals surface area contributed by atoms with Gasteiger partial charge in [0.2, 0.25) is 0 Å². The molecule has 2 aromatic heterocycles. The van der Waals surface area contributed by atoms with E-state index in [9.17, 15) is 9.59 Å². The second-order valence-electron chi connectivity index (χ2n) is 5.50. The van der Waals surface area contributed by atoms with Gasteiger partial charge in [0.15, 0.2) is 6.61 Å². The van der Waals surface area contributed by atoms with Crippen molar-refractivity contribution >= 4 is 23.3 Å². The SMILES string of the molecule is Cc1cc(C)n2nc(C(=O)OCC(=O)Nc3cccc(C#N)c3)nc2n1. The molecule has 130 valence electrons. The standard InChI is InChI=1S/C17H14N6O3/c1-10-6-11(2)23-17(19-10)21-15(22-23)16(25)26-9-14(24)20-13-5-3-4-12(7-13)8-18/h3-7H,9H2,1-2H3,(H,20,24). The van der Waals surface area contributed by atoms with Gasteiger partial charge in [-0.2, -0.15) is 10.2 Å². The predicted molar refractivity (Wildman–Crippen MR) is 90.3 cm³/mol. The third-order valence-corrected chi connectivity index (χ3v) is 3.41. The monoisotopic (exact) mass is 350 g/mol. The van der Waals surface area contributed by atoms with Gasteiger partial charge in [-0.05, 0) is 38.1 Å². The molecule has 1 aromatic carbocycles. The van der Waals surface area contributed by atoms with Crippen LogP contribution >= 0.6 is 0 Å². The molecule has 3 aromatic rings. The van der Waals surface area contributed by atoms with Crippen molar-refractivity contribution in [2.24, 2.45) is 0 Å². The van der Waals surface area contributed by atoms with Crippen LogP contribution in [0.4, 0.5) is 5.69 Å². The van der Waals surface area contributed by atoms with Crippen LogP contribution in [0.5, 0.6) is 0 Å². The van der Waals surface area contributed by atoms with Gasteiger partial charge >= 0.3 is 5.97 Å². The molecular formula is C17H14N6O3. The zero-order valence-electron chi connectivity index (χ0n) is 14.1. The van der Waals surface area contributed by atoms with Crippen molar-refractivity contribution in [3.63, 3.8) is 0 Å². The highest BCUT2D eigenvalue weighted by molar-refractivity contribution is 5.94. The molecule has 3 rings (SSSR count). The summed E-state index contributed by atoms with van der Waals surface area (Å²) in [6.07, 6.45) is 0. The Labute approximate surface area is 148 Å². The van der Waals surface area contributed by atoms with E-state index in [0.717, 1.165) is 11.4 Å². The van der Waals surface area contributed by atoms with Gasteiger partial charge in [0.1, 0.15) is 0 Å². The number of fused-ring (bicyclic) bond motifs is 1. The summed E-state index contributed by atoms with van der Waals surface area (Å²) in [4.78, 5) is 32.1. The first-order valence-corrected chi connectivity index (χ1v) is 7.64. The molecule has 0 aliphatic carbocycles. The molecule has 0 radical (unpaired) electrons. The molecule has 0 saturated heterocycles. The van der Waals surface area contributed by atoms with Crippen LogP contribution in [0.2, 0.25) is 0 Å². The van der Waals surface area contributed by atoms with Crippen LogP contribution in [-0.4, -0.2) is 38.1 Å². The summed E-state index contributed by atoms with van der Waals surface area (Å²) >= 11 is 0. The Kier molecular flexibility index (Phi) is 4.57. The Morgan fingerprint density at radius 1 is 1.27 bits per heavy atom. The lowest BCUT2D eigenvalue weighted by atomic mass is 10.2. The number of carbonyl (C=O) groups excluding carboxylic acids is 2. The molecule has 0 aliphatic heterocycles. The molecule has 0 unspecified atom stereocenters. The highest BCUT2D eigenvalue weighted by atomic mass is 16.5. The van der Waals surface area contributed by atoms with Crippen molar-refractivity contribution in [2.45, 2.75) is 13.8 Å². The lowest BCUT2D eigenvalue weighted by Crippen LogP contribution is -2.21. The molecule has 0 bridgehead atoms. The molecule has 9 nitrogen and oxygen atoms in total. The van der Waals surface area contributed by atoms with Gasteiger partial charge < -0.3 is 10.1 Å². The number of aromatic nitrogens is 4. The Balaban J connectivity index is 1.64. The molecule has 9 heteroatoms. The molecule has 0 spiro atoms. The van der Waals surface area contributed by atoms with Crippen molar-refractivity contribution in [2.75, 3.05) is 11.9 Å². The molecule has 0 aliphatic rings. The fourth-order valence-electron chi connectivity index (χ4n) is 2.31. The predicted octanol–water partition coefficient (Wildman–Crippen LogP) is 1.41. The Hall–Kier alpha value is -3.80. The fourth-order valence-corrected chi connectivity index (χ4v) is 2.31. The highest BCUT2D eigenvalue weighted by Gasteiger charge is 2.17. The smallest absolute Gasteiger partial charge is 0.378 e. The first-order chi connectivity index (χ1) is 12.5. The van der Waals surface area contributed by atoms with Crippen molar-refractivity contribution in [1.29, 1.82) is 5.26 Å². The van der Waals surface area contributed by atoms with Gasteiger partial charge in [0, 0.05) is 17.1 Å². The van der Waals surface area contributed by atoms with E-state index in [-0.39, 0.29) is 11.6 Å². The zero-order chi connectivity index (χ0) is 18.7. The van der Waals surface area contributed by atoms with Crippen LogP contribution in [0.15, 0.2) is 30.3 Å². The second-order valence-corrected chi connectivity index (χ2v) is 5.50. The summed E-state index contributed by atoms with van der Waals surface area (Å²) in [5.41, 5.74) is 2.37. The number of nitrogens with one attached hydrogen (secondary N) is 1. The Morgan fingerprint density at radius 2 is 2.08 bits per heavy atom. The van der Waals surface area contributed by atoms with Crippen molar-refractivity contribution in [3.8, 4) is 6.07 Å². The maximum atomic E-state index is 12.1. The number of aryl methyl sites for hydroxylation is 2. The van der Waals surface area contributed by atoms with E-state index >= 15 is 0 Å². The van der Waals surface area contributed by atoms with E-state index in [1.807, 2.05) is 19.9 Å². The fraction of sp³-hybridized carbons (Fsp3) is 0.176. The van der Waals surface area contributed by atoms with Crippen molar-refractivity contribution < 1.29 is 14.3 Å². The number of hydrogen-bond donors (Lipinski definition) is 1. The lowest BCUT2D eigenvalue weighted by Gasteiger charge is -2.05. The highest BCUT2D eigenvalue weighted by Crippen LogP contribution is 2.10. The molecule has 0 fully saturated rings. The van der Waals surface area contributed by atoms with Crippen molar-refractivity contribution in [3.05, 3.63) is 53.1 Å². The van der Waals surface area contributed by atoms with Crippen LogP contribution in [0.1, 0.15) is 27.6 Å². The number of nitrogens with zero attached hydrogens (tertiary/aromatic N) is 5. The van der Waals surface area contributed by atoms with Crippen molar-refractivity contribution in [1.82, 2.24) is 19.6 Å². The van der Waals surface area contributed by atoms with E-state index in [0.29, 0.717) is 11.3 Å². The number of ether oxygens (including phenoxy) is 1. The van der Waals surface area contributed by atoms with Gasteiger partial charge in [0.25, 0.3) is 17.5 Å². The van der Waals surface area contributed by atoms with E-state index in [2.05, 4.69) is 20.4 Å². The van der Waals surface area contributed by atoms with Crippen LogP contribution < -0.4 is 5.32 Å². The number of rotatable bonds is 4. The number of esters is 1. The van der Waals surface area contributed by atoms with E-state index in [1.54, 1.807) is 24.3 Å². The minimum absolute atomic E-state index is 0.175. The number of benzene rings is 1. The molecular weight excluding hydrogens is 336 g/mol. The van der Waals surface area contributed by atoms with Crippen LogP contribution in [0.3, 0.4) is 0 Å². The van der Waals surface area contributed by atoms with Gasteiger partial charge in [-0.1, -0.05) is 6.07 Å². The Morgan fingerprint density at radius 3 is 2.85 bits per heavy atom. The average molecular weight is 350 g/mol. The minimum atomic E-state index is -0.825. The number of nitriles is 1. The summed E-state index contributed by atoms with van der Waals surface area (Å²) < 4.78 is 6.36. The van der Waals surface area contributed by atoms with Gasteiger partial charge in [0.05, 0.1) is 11.6 Å². The second kappa shape index (κ2) is 6.98. The van der Waals surface area contributed by atoms with E-state index < -0.39 is 18.5 Å². The average Bonchev–Trinajstić information content (AvgIpc) is 3.04. The molecule has 2 heterocycles. The number of amides is 1. The van der Waals surface area contributed by atoms with Gasteiger partial charge in [-0.3, -0.25) is 4.79 Å². The normalized spacial score (nSPS) is 10.3. The third-order valence-electron chi connectivity index (χ3n) is 3.41. The summed E-state index contributed by atoms with van der Waals surface area (Å²) in [5.74, 6) is -1.26. The first kappa shape index (κ1) is 17.0. The molecule has 0 saturated carbocycles.